The maximum atomic E-state index is 5.78. The minimum Gasteiger partial charge on any atom is -0.354 e. The minimum atomic E-state index is 0.0644. The van der Waals surface area contributed by atoms with Gasteiger partial charge in [0.25, 0.3) is 0 Å². The molecule has 2 rings (SSSR count). The number of nitrogens with one attached hydrogen (secondary N) is 1. The van der Waals surface area contributed by atoms with Crippen LogP contribution in [0.2, 0.25) is 0 Å². The SMILES string of the molecule is CC(N)c1ccc(N2CCNCC2)nc1. The van der Waals surface area contributed by atoms with E-state index in [0.717, 1.165) is 37.6 Å². The molecule has 2 heterocycles. The van der Waals surface area contributed by atoms with E-state index >= 15 is 0 Å². The molecule has 0 saturated carbocycles. The molecule has 1 aromatic rings. The lowest BCUT2D eigenvalue weighted by Crippen LogP contribution is -2.43. The van der Waals surface area contributed by atoms with Gasteiger partial charge in [-0.3, -0.25) is 0 Å². The Kier molecular flexibility index (Phi) is 3.18. The second-order valence-electron chi connectivity index (χ2n) is 3.98. The van der Waals surface area contributed by atoms with Crippen LogP contribution in [0.1, 0.15) is 18.5 Å². The van der Waals surface area contributed by atoms with Gasteiger partial charge in [0.15, 0.2) is 0 Å². The van der Waals surface area contributed by atoms with Crippen LogP contribution in [0.4, 0.5) is 5.82 Å². The average Bonchev–Trinajstić information content (AvgIpc) is 2.30. The lowest BCUT2D eigenvalue weighted by Gasteiger charge is -2.28. The van der Waals surface area contributed by atoms with Gasteiger partial charge in [-0.1, -0.05) is 6.07 Å². The average molecular weight is 206 g/mol. The lowest BCUT2D eigenvalue weighted by atomic mass is 10.1. The zero-order valence-corrected chi connectivity index (χ0v) is 9.11. The molecule has 1 unspecified atom stereocenters. The van der Waals surface area contributed by atoms with Crippen molar-refractivity contribution < 1.29 is 0 Å². The van der Waals surface area contributed by atoms with Gasteiger partial charge in [-0.05, 0) is 18.6 Å². The number of aromatic nitrogens is 1. The van der Waals surface area contributed by atoms with E-state index in [2.05, 4.69) is 27.3 Å². The minimum absolute atomic E-state index is 0.0644. The van der Waals surface area contributed by atoms with Crippen molar-refractivity contribution in [3.63, 3.8) is 0 Å². The van der Waals surface area contributed by atoms with Gasteiger partial charge in [-0.25, -0.2) is 4.98 Å². The van der Waals surface area contributed by atoms with E-state index in [-0.39, 0.29) is 6.04 Å². The standard InChI is InChI=1S/C11H18N4/c1-9(12)10-2-3-11(14-8-10)15-6-4-13-5-7-15/h2-3,8-9,13H,4-7,12H2,1H3. The normalized spacial score (nSPS) is 18.9. The highest BCUT2D eigenvalue weighted by molar-refractivity contribution is 5.40. The smallest absolute Gasteiger partial charge is 0.128 e. The van der Waals surface area contributed by atoms with E-state index in [9.17, 15) is 0 Å². The summed E-state index contributed by atoms with van der Waals surface area (Å²) in [4.78, 5) is 6.73. The molecule has 4 heteroatoms. The van der Waals surface area contributed by atoms with Crippen molar-refractivity contribution in [2.75, 3.05) is 31.1 Å². The molecular weight excluding hydrogens is 188 g/mol. The maximum absolute atomic E-state index is 5.78. The highest BCUT2D eigenvalue weighted by atomic mass is 15.2. The number of nitrogens with two attached hydrogens (primary N) is 1. The van der Waals surface area contributed by atoms with Gasteiger partial charge in [0, 0.05) is 38.4 Å². The highest BCUT2D eigenvalue weighted by Gasteiger charge is 2.11. The zero-order valence-electron chi connectivity index (χ0n) is 9.11. The molecule has 0 bridgehead atoms. The van der Waals surface area contributed by atoms with Gasteiger partial charge >= 0.3 is 0 Å². The molecule has 82 valence electrons. The van der Waals surface area contributed by atoms with Crippen molar-refractivity contribution in [3.05, 3.63) is 23.9 Å². The molecule has 0 aliphatic carbocycles. The predicted molar refractivity (Wildman–Crippen MR) is 61.9 cm³/mol. The monoisotopic (exact) mass is 206 g/mol. The third-order valence-corrected chi connectivity index (χ3v) is 2.74. The first-order valence-electron chi connectivity index (χ1n) is 5.44. The number of piperazine rings is 1. The first kappa shape index (κ1) is 10.4. The van der Waals surface area contributed by atoms with Crippen LogP contribution in [0.15, 0.2) is 18.3 Å². The van der Waals surface area contributed by atoms with Gasteiger partial charge in [-0.15, -0.1) is 0 Å². The van der Waals surface area contributed by atoms with Crippen molar-refractivity contribution in [1.82, 2.24) is 10.3 Å². The molecule has 0 spiro atoms. The van der Waals surface area contributed by atoms with Gasteiger partial charge < -0.3 is 16.0 Å². The van der Waals surface area contributed by atoms with Gasteiger partial charge in [0.2, 0.25) is 0 Å². The van der Waals surface area contributed by atoms with Crippen LogP contribution < -0.4 is 16.0 Å². The van der Waals surface area contributed by atoms with Crippen LogP contribution in [0.5, 0.6) is 0 Å². The maximum Gasteiger partial charge on any atom is 0.128 e. The fourth-order valence-electron chi connectivity index (χ4n) is 1.75. The first-order valence-corrected chi connectivity index (χ1v) is 5.44. The first-order chi connectivity index (χ1) is 7.27. The quantitative estimate of drug-likeness (QED) is 0.740. The van der Waals surface area contributed by atoms with E-state index in [1.807, 2.05) is 13.1 Å². The summed E-state index contributed by atoms with van der Waals surface area (Å²) in [5.74, 6) is 1.06. The summed E-state index contributed by atoms with van der Waals surface area (Å²) in [5, 5.41) is 3.32. The summed E-state index contributed by atoms with van der Waals surface area (Å²) < 4.78 is 0. The summed E-state index contributed by atoms with van der Waals surface area (Å²) >= 11 is 0. The number of pyridine rings is 1. The molecule has 1 saturated heterocycles. The van der Waals surface area contributed by atoms with Crippen LogP contribution in [0.25, 0.3) is 0 Å². The second-order valence-corrected chi connectivity index (χ2v) is 3.98. The number of hydrogen-bond acceptors (Lipinski definition) is 4. The number of hydrogen-bond donors (Lipinski definition) is 2. The lowest BCUT2D eigenvalue weighted by molar-refractivity contribution is 0.584. The van der Waals surface area contributed by atoms with E-state index in [0.29, 0.717) is 0 Å². The summed E-state index contributed by atoms with van der Waals surface area (Å²) in [5.41, 5.74) is 6.87. The Hall–Kier alpha value is -1.13. The summed E-state index contributed by atoms with van der Waals surface area (Å²) in [6.45, 7) is 6.12. The third-order valence-electron chi connectivity index (χ3n) is 2.74. The molecule has 1 aliphatic rings. The Morgan fingerprint density at radius 1 is 1.40 bits per heavy atom. The molecule has 1 aromatic heterocycles. The Morgan fingerprint density at radius 3 is 2.67 bits per heavy atom. The molecule has 3 N–H and O–H groups in total. The van der Waals surface area contributed by atoms with E-state index in [4.69, 9.17) is 5.73 Å². The summed E-state index contributed by atoms with van der Waals surface area (Å²) in [6, 6.07) is 4.19. The molecule has 1 atom stereocenters. The van der Waals surface area contributed by atoms with E-state index < -0.39 is 0 Å². The molecular formula is C11H18N4. The van der Waals surface area contributed by atoms with Crippen LogP contribution in [0.3, 0.4) is 0 Å². The molecule has 1 fully saturated rings. The number of nitrogens with zero attached hydrogens (tertiary/aromatic N) is 2. The van der Waals surface area contributed by atoms with Crippen LogP contribution in [-0.2, 0) is 0 Å². The Labute approximate surface area is 90.5 Å². The van der Waals surface area contributed by atoms with Crippen molar-refractivity contribution in [2.24, 2.45) is 5.73 Å². The Bertz CT molecular complexity index is 301. The van der Waals surface area contributed by atoms with E-state index in [1.54, 1.807) is 0 Å². The molecule has 15 heavy (non-hydrogen) atoms. The highest BCUT2D eigenvalue weighted by Crippen LogP contribution is 2.14. The summed E-state index contributed by atoms with van der Waals surface area (Å²) in [7, 11) is 0. The second kappa shape index (κ2) is 4.59. The third kappa shape index (κ3) is 2.46. The predicted octanol–water partition coefficient (Wildman–Crippen LogP) is 0.511. The van der Waals surface area contributed by atoms with Crippen molar-refractivity contribution in [1.29, 1.82) is 0 Å². The molecule has 1 aliphatic heterocycles. The van der Waals surface area contributed by atoms with E-state index in [1.165, 1.54) is 0 Å². The van der Waals surface area contributed by atoms with Gasteiger partial charge in [0.1, 0.15) is 5.82 Å². The summed E-state index contributed by atoms with van der Waals surface area (Å²) in [6.07, 6.45) is 1.88. The van der Waals surface area contributed by atoms with Crippen LogP contribution >= 0.6 is 0 Å². The fourth-order valence-corrected chi connectivity index (χ4v) is 1.75. The topological polar surface area (TPSA) is 54.2 Å². The number of anilines is 1. The molecule has 4 nitrogen and oxygen atoms in total. The largest absolute Gasteiger partial charge is 0.354 e. The molecule has 0 radical (unpaired) electrons. The van der Waals surface area contributed by atoms with Gasteiger partial charge in [-0.2, -0.15) is 0 Å². The fraction of sp³-hybridized carbons (Fsp3) is 0.545. The van der Waals surface area contributed by atoms with Crippen molar-refractivity contribution in [3.8, 4) is 0 Å². The van der Waals surface area contributed by atoms with Gasteiger partial charge in [0.05, 0.1) is 0 Å². The molecule has 0 amide bonds. The van der Waals surface area contributed by atoms with Crippen LogP contribution in [-0.4, -0.2) is 31.2 Å². The Morgan fingerprint density at radius 2 is 2.13 bits per heavy atom. The van der Waals surface area contributed by atoms with Crippen molar-refractivity contribution in [2.45, 2.75) is 13.0 Å². The zero-order chi connectivity index (χ0) is 10.7. The Balaban J connectivity index is 2.08. The molecule has 0 aromatic carbocycles. The van der Waals surface area contributed by atoms with Crippen LogP contribution in [0, 0.1) is 0 Å². The number of rotatable bonds is 2. The van der Waals surface area contributed by atoms with Crippen molar-refractivity contribution >= 4 is 5.82 Å².